The van der Waals surface area contributed by atoms with Gasteiger partial charge in [-0.05, 0) is 125 Å². The van der Waals surface area contributed by atoms with Gasteiger partial charge in [0.15, 0.2) is 6.29 Å². The van der Waals surface area contributed by atoms with Crippen LogP contribution in [0.5, 0.6) is 0 Å². The summed E-state index contributed by atoms with van der Waals surface area (Å²) >= 11 is 3.81. The minimum atomic E-state index is -3.46. The Bertz CT molecular complexity index is 2810. The summed E-state index contributed by atoms with van der Waals surface area (Å²) < 4.78 is 50.9. The van der Waals surface area contributed by atoms with Crippen molar-refractivity contribution < 1.29 is 63.2 Å². The average molecular weight is 1180 g/mol. The number of aromatic nitrogens is 5. The second kappa shape index (κ2) is 34.2. The molecule has 0 unspecified atom stereocenters. The number of nitrogens with one attached hydrogen (secondary N) is 3. The van der Waals surface area contributed by atoms with Gasteiger partial charge >= 0.3 is 40.9 Å². The number of benzene rings is 2. The van der Waals surface area contributed by atoms with E-state index in [2.05, 4.69) is 104 Å². The molecule has 12 nitrogen and oxygen atoms in total. The van der Waals surface area contributed by atoms with Crippen molar-refractivity contribution in [1.82, 2.24) is 22.9 Å². The molecule has 7 aromatic rings. The molecular formula is C54H80AlBCl4N5NaO7S2+. The number of hydrogen-bond donors (Lipinski definition) is 4. The Morgan fingerprint density at radius 1 is 0.573 bits per heavy atom. The molecule has 3 radical (unpaired) electrons. The molecule has 75 heavy (non-hydrogen) atoms. The molecule has 7 rings (SSSR count). The molecule has 21 heteroatoms. The van der Waals surface area contributed by atoms with Crippen LogP contribution in [0.4, 0.5) is 0 Å². The quantitative estimate of drug-likeness (QED) is 0.0553. The van der Waals surface area contributed by atoms with Crippen molar-refractivity contribution in [2.24, 2.45) is 0 Å². The zero-order valence-corrected chi connectivity index (χ0v) is 54.4. The van der Waals surface area contributed by atoms with Crippen molar-refractivity contribution in [2.45, 2.75) is 147 Å². The first-order valence-electron chi connectivity index (χ1n) is 23.0. The fourth-order valence-corrected chi connectivity index (χ4v) is 7.97. The molecule has 0 bridgehead atoms. The molecule has 5 aromatic heterocycles. The van der Waals surface area contributed by atoms with E-state index in [0.717, 1.165) is 17.5 Å². The number of alkyl halides is 1. The van der Waals surface area contributed by atoms with Gasteiger partial charge in [-0.25, -0.2) is 54.9 Å². The van der Waals surface area contributed by atoms with Gasteiger partial charge in [-0.2, -0.15) is 0 Å². The van der Waals surface area contributed by atoms with Crippen LogP contribution in [0.2, 0.25) is 0 Å². The predicted octanol–water partition coefficient (Wildman–Crippen LogP) is 10.5. The Morgan fingerprint density at radius 2 is 0.960 bits per heavy atom. The number of H-pyrrole nitrogens is 3. The van der Waals surface area contributed by atoms with E-state index in [4.69, 9.17) is 46.9 Å². The third-order valence-corrected chi connectivity index (χ3v) is 13.0. The molecule has 0 fully saturated rings. The normalized spacial score (nSPS) is 11.2. The van der Waals surface area contributed by atoms with E-state index in [1.165, 1.54) is 37.0 Å². The summed E-state index contributed by atoms with van der Waals surface area (Å²) in [5.74, 6) is 0. The number of carbonyl (C=O) groups excluding carboxylic acids is 1. The molecule has 0 amide bonds. The summed E-state index contributed by atoms with van der Waals surface area (Å²) in [5, 5.41) is 8.79. The summed E-state index contributed by atoms with van der Waals surface area (Å²) in [5.41, 5.74) is 6.83. The van der Waals surface area contributed by atoms with E-state index < -0.39 is 31.4 Å². The Morgan fingerprint density at radius 3 is 1.24 bits per heavy atom. The number of aliphatic hydroxyl groups excluding tert-OH is 1. The van der Waals surface area contributed by atoms with Crippen molar-refractivity contribution in [1.29, 1.82) is 0 Å². The summed E-state index contributed by atoms with van der Waals surface area (Å²) in [4.78, 5) is 19.8. The monoisotopic (exact) mass is 1180 g/mol. The second-order valence-electron chi connectivity index (χ2n) is 21.3. The number of rotatable bonds is 6. The minimum Gasteiger partial charge on any atom is -1.00 e. The van der Waals surface area contributed by atoms with E-state index >= 15 is 0 Å². The maximum Gasteiger partial charge on any atom is 1.00 e. The fraction of sp³-hybridized carbons (Fsp3) is 0.389. The Balaban J connectivity index is -0.000000411. The first kappa shape index (κ1) is 76.3. The topological polar surface area (TPSA) is 196 Å². The Labute approximate surface area is 496 Å². The van der Waals surface area contributed by atoms with Crippen LogP contribution in [0.15, 0.2) is 156 Å². The van der Waals surface area contributed by atoms with Gasteiger partial charge in [-0.1, -0.05) is 119 Å². The van der Waals surface area contributed by atoms with E-state index in [1.54, 1.807) is 85.2 Å². The van der Waals surface area contributed by atoms with Crippen LogP contribution in [0, 0.1) is 0 Å². The predicted molar refractivity (Wildman–Crippen MR) is 316 cm³/mol. The number of carbonyl (C=O) groups is 1. The Kier molecular flexibility index (Phi) is 34.8. The number of aromatic amines is 3. The van der Waals surface area contributed by atoms with Gasteiger partial charge in [0, 0.05) is 68.6 Å². The number of aldehydes is 1. The maximum absolute atomic E-state index is 12.3. The van der Waals surface area contributed by atoms with Crippen molar-refractivity contribution in [3.05, 3.63) is 180 Å². The van der Waals surface area contributed by atoms with E-state index in [-0.39, 0.29) is 72.6 Å². The maximum atomic E-state index is 12.3. The number of aliphatic hydroxyl groups is 1. The van der Waals surface area contributed by atoms with Gasteiger partial charge in [-0.15, -0.1) is 11.6 Å². The number of hydrogen-bond acceptors (Lipinski definition) is 6. The molecular weight excluding hydrogens is 1100 g/mol. The summed E-state index contributed by atoms with van der Waals surface area (Å²) in [7, 11) is 7.99. The average Bonchev–Trinajstić information content (AvgIpc) is 4.13. The second-order valence-corrected chi connectivity index (χ2v) is 32.6. The van der Waals surface area contributed by atoms with Crippen molar-refractivity contribution in [2.75, 3.05) is 0 Å². The van der Waals surface area contributed by atoms with E-state index in [9.17, 15) is 21.6 Å². The van der Waals surface area contributed by atoms with Gasteiger partial charge < -0.3 is 27.0 Å². The van der Waals surface area contributed by atoms with Crippen LogP contribution < -0.4 is 29.6 Å². The van der Waals surface area contributed by atoms with Crippen LogP contribution in [0.1, 0.15) is 144 Å². The molecule has 0 aliphatic rings. The van der Waals surface area contributed by atoms with E-state index in [1.807, 2.05) is 63.8 Å². The molecule has 7 N–H and O–H groups in total. The standard InChI is InChI=1S/C14H17NO2S.C10H9NO2S.C9H15NO.C9H13NO.C8H13N.C4H9Cl.Al.B.3ClH.Na.H2O.H/c1-14(2,3)12-9-10-15(11-12)18(16,17)13-7-5-4-6-8-13;12-14(13,11-8-4-5-9-11)10-6-2-1-3-7-10;2*1-9(2,3)7-4-8(6-11)10-5-7;1-8(2,3)7-4-5-9-6-7;1-4(2,3)5;;;;;;;;/h4-11H,1-3H3;1-9H;4-5,10-11H,6H2,1-3H3;4-6,10H,1-3H3;4-6,9H,1-3H3;1-3H3;;;3*1H;;1H2;/q;;;;;;+3;;;;;+1;;-1/p-2. The van der Waals surface area contributed by atoms with E-state index in [0.29, 0.717) is 20.9 Å². The zero-order valence-electron chi connectivity index (χ0n) is 47.6. The molecule has 5 heterocycles. The zero-order chi connectivity index (χ0) is 55.4. The van der Waals surface area contributed by atoms with Gasteiger partial charge in [0.05, 0.1) is 22.1 Å². The van der Waals surface area contributed by atoms with Crippen LogP contribution >= 0.6 is 41.7 Å². The molecule has 0 aliphatic carbocycles. The largest absolute Gasteiger partial charge is 1.00 e. The number of nitrogens with zero attached hydrogens (tertiary/aromatic N) is 2. The SMILES string of the molecule is CC(C)(C)Cl.CC(C)(C)c1c[nH]c(C=O)c1.CC(C)(C)c1c[nH]c(CO)c1.CC(C)(C)c1cc[nH]c1.CC(C)(C)c1ccn(S(=O)(=O)c2ccccc2)c1.O=S(=O)(c1ccccc1)n1cccc1.[B].[Cl][Al]([Cl])[Cl].[H-].[Na+].[OH3+]. The van der Waals surface area contributed by atoms with Gasteiger partial charge in [0.2, 0.25) is 0 Å². The van der Waals surface area contributed by atoms with Crippen LogP contribution in [0.25, 0.3) is 0 Å². The summed E-state index contributed by atoms with van der Waals surface area (Å²) in [6.45, 7) is 31.5. The number of halogens is 4. The molecule has 0 saturated heterocycles. The van der Waals surface area contributed by atoms with Gasteiger partial charge in [0.25, 0.3) is 20.0 Å². The van der Waals surface area contributed by atoms with Crippen LogP contribution in [0.3, 0.4) is 0 Å². The van der Waals surface area contributed by atoms with Crippen molar-refractivity contribution in [3.8, 4) is 0 Å². The van der Waals surface area contributed by atoms with Crippen LogP contribution in [-0.4, -0.2) is 75.8 Å². The van der Waals surface area contributed by atoms with Crippen LogP contribution in [-0.2, 0) is 53.8 Å². The minimum absolute atomic E-state index is 0. The Hall–Kier alpha value is -2.91. The molecule has 0 spiro atoms. The first-order valence-corrected chi connectivity index (χ1v) is 31.5. The first-order chi connectivity index (χ1) is 32.9. The molecule has 409 valence electrons. The molecule has 0 saturated carbocycles. The third kappa shape index (κ3) is 30.1. The van der Waals surface area contributed by atoms with Crippen molar-refractivity contribution >= 4 is 87.9 Å². The van der Waals surface area contributed by atoms with Gasteiger partial charge in [0.1, 0.15) is 0 Å². The molecule has 0 aliphatic heterocycles. The third-order valence-electron chi connectivity index (χ3n) is 9.69. The molecule has 0 atom stereocenters. The van der Waals surface area contributed by atoms with Crippen molar-refractivity contribution in [3.63, 3.8) is 0 Å². The van der Waals surface area contributed by atoms with Gasteiger partial charge in [-0.3, -0.25) is 4.79 Å². The summed E-state index contributed by atoms with van der Waals surface area (Å²) in [6.07, 6.45) is 15.0. The summed E-state index contributed by atoms with van der Waals surface area (Å²) in [6, 6.07) is 28.0. The molecule has 2 aromatic carbocycles. The smallest absolute Gasteiger partial charge is 1.00 e. The fourth-order valence-electron chi connectivity index (χ4n) is 5.55.